The molecule has 0 spiro atoms. The summed E-state index contributed by atoms with van der Waals surface area (Å²) in [6, 6.07) is 14.9. The molecule has 0 saturated heterocycles. The Kier molecular flexibility index (Phi) is 11.3. The highest BCUT2D eigenvalue weighted by Crippen LogP contribution is 2.20. The zero-order valence-corrected chi connectivity index (χ0v) is 16.5. The van der Waals surface area contributed by atoms with Crippen molar-refractivity contribution in [3.63, 3.8) is 0 Å². The molecule has 0 aliphatic carbocycles. The molecule has 1 unspecified atom stereocenters. The SMILES string of the molecule is C=CNC(=NC(C)c1cccc(C)c1)c1cccc(C)c1C.C=O.CN. The lowest BCUT2D eigenvalue weighted by molar-refractivity contribution is -0.0979. The second-order valence-electron chi connectivity index (χ2n) is 5.66. The molecule has 4 nitrogen and oxygen atoms in total. The zero-order valence-electron chi connectivity index (χ0n) is 16.5. The topological polar surface area (TPSA) is 67.5 Å². The largest absolute Gasteiger partial charge is 0.347 e. The highest BCUT2D eigenvalue weighted by Gasteiger charge is 2.10. The third kappa shape index (κ3) is 6.65. The van der Waals surface area contributed by atoms with Crippen molar-refractivity contribution in [1.29, 1.82) is 0 Å². The standard InChI is InChI=1S/C20H24N2.CH5N.CH2O/c1-6-21-20(19-12-8-10-15(3)16(19)4)22-17(5)18-11-7-9-14(2)13-18;2*1-2/h6-13,17H,1H2,2-5H3,(H,21,22);2H2,1H3;1H2. The Morgan fingerprint density at radius 2 is 1.73 bits per heavy atom. The van der Waals surface area contributed by atoms with Crippen LogP contribution < -0.4 is 11.1 Å². The summed E-state index contributed by atoms with van der Waals surface area (Å²) < 4.78 is 0. The highest BCUT2D eigenvalue weighted by molar-refractivity contribution is 6.01. The molecule has 26 heavy (non-hydrogen) atoms. The van der Waals surface area contributed by atoms with Crippen LogP contribution in [0, 0.1) is 20.8 Å². The molecular formula is C22H31N3O. The number of nitrogens with zero attached hydrogens (tertiary/aromatic N) is 1. The number of amidine groups is 1. The fourth-order valence-electron chi connectivity index (χ4n) is 2.49. The van der Waals surface area contributed by atoms with Crippen LogP contribution in [0.3, 0.4) is 0 Å². The lowest BCUT2D eigenvalue weighted by Crippen LogP contribution is -2.21. The van der Waals surface area contributed by atoms with Crippen molar-refractivity contribution in [3.05, 3.63) is 83.1 Å². The predicted octanol–water partition coefficient (Wildman–Crippen LogP) is 4.24. The van der Waals surface area contributed by atoms with Gasteiger partial charge in [-0.3, -0.25) is 4.99 Å². The van der Waals surface area contributed by atoms with Crippen molar-refractivity contribution >= 4 is 12.6 Å². The molecule has 0 bridgehead atoms. The second-order valence-corrected chi connectivity index (χ2v) is 5.66. The number of aliphatic imine (C=N–C) groups is 1. The van der Waals surface area contributed by atoms with E-state index in [1.54, 1.807) is 6.20 Å². The van der Waals surface area contributed by atoms with Gasteiger partial charge in [-0.2, -0.15) is 0 Å². The molecule has 0 aromatic heterocycles. The molecule has 3 N–H and O–H groups in total. The molecule has 2 aromatic rings. The van der Waals surface area contributed by atoms with Gasteiger partial charge in [0.25, 0.3) is 0 Å². The van der Waals surface area contributed by atoms with E-state index in [9.17, 15) is 0 Å². The van der Waals surface area contributed by atoms with Crippen molar-refractivity contribution in [2.24, 2.45) is 10.7 Å². The number of hydrogen-bond acceptors (Lipinski definition) is 3. The molecule has 4 heteroatoms. The summed E-state index contributed by atoms with van der Waals surface area (Å²) in [6.45, 7) is 14.2. The van der Waals surface area contributed by atoms with E-state index >= 15 is 0 Å². The van der Waals surface area contributed by atoms with E-state index < -0.39 is 0 Å². The maximum Gasteiger partial charge on any atom is 0.133 e. The number of nitrogens with one attached hydrogen (secondary N) is 1. The van der Waals surface area contributed by atoms with Crippen LogP contribution in [0.4, 0.5) is 0 Å². The minimum Gasteiger partial charge on any atom is -0.347 e. The molecule has 140 valence electrons. The van der Waals surface area contributed by atoms with Crippen molar-refractivity contribution < 1.29 is 4.79 Å². The van der Waals surface area contributed by atoms with Gasteiger partial charge in [0.05, 0.1) is 6.04 Å². The van der Waals surface area contributed by atoms with Crippen LogP contribution in [-0.2, 0) is 4.79 Å². The molecule has 2 aromatic carbocycles. The summed E-state index contributed by atoms with van der Waals surface area (Å²) in [5.41, 5.74) is 10.6. The van der Waals surface area contributed by atoms with E-state index in [0.29, 0.717) is 0 Å². The Balaban J connectivity index is 0.00000146. The summed E-state index contributed by atoms with van der Waals surface area (Å²) in [5.74, 6) is 0.866. The van der Waals surface area contributed by atoms with Gasteiger partial charge >= 0.3 is 0 Å². The highest BCUT2D eigenvalue weighted by atomic mass is 16.1. The van der Waals surface area contributed by atoms with Crippen LogP contribution in [0.25, 0.3) is 0 Å². The Labute approximate surface area is 157 Å². The minimum atomic E-state index is 0.0854. The summed E-state index contributed by atoms with van der Waals surface area (Å²) >= 11 is 0. The molecule has 2 rings (SSSR count). The molecule has 0 fully saturated rings. The molecular weight excluding hydrogens is 322 g/mol. The minimum absolute atomic E-state index is 0.0854. The first-order valence-corrected chi connectivity index (χ1v) is 8.48. The van der Waals surface area contributed by atoms with Crippen LogP contribution in [0.15, 0.2) is 60.2 Å². The summed E-state index contributed by atoms with van der Waals surface area (Å²) in [4.78, 5) is 12.9. The van der Waals surface area contributed by atoms with Gasteiger partial charge in [0.2, 0.25) is 0 Å². The first kappa shape index (κ1) is 23.3. The van der Waals surface area contributed by atoms with Gasteiger partial charge in [-0.1, -0.05) is 54.6 Å². The predicted molar refractivity (Wildman–Crippen MR) is 113 cm³/mol. The molecule has 0 aliphatic heterocycles. The quantitative estimate of drug-likeness (QED) is 0.638. The molecule has 0 amide bonds. The van der Waals surface area contributed by atoms with E-state index in [-0.39, 0.29) is 6.04 Å². The van der Waals surface area contributed by atoms with Gasteiger partial charge in [-0.25, -0.2) is 0 Å². The first-order chi connectivity index (χ1) is 12.5. The smallest absolute Gasteiger partial charge is 0.133 e. The number of aryl methyl sites for hydroxylation is 2. The van der Waals surface area contributed by atoms with Crippen molar-refractivity contribution in [2.75, 3.05) is 7.05 Å². The molecule has 0 heterocycles. The fourth-order valence-corrected chi connectivity index (χ4v) is 2.49. The van der Waals surface area contributed by atoms with Crippen LogP contribution in [-0.4, -0.2) is 19.7 Å². The van der Waals surface area contributed by atoms with Gasteiger partial charge in [0, 0.05) is 5.56 Å². The summed E-state index contributed by atoms with van der Waals surface area (Å²) in [7, 11) is 1.50. The normalized spacial score (nSPS) is 11.2. The van der Waals surface area contributed by atoms with E-state index in [2.05, 4.69) is 87.8 Å². The maximum absolute atomic E-state index is 8.00. The molecule has 0 aliphatic rings. The lowest BCUT2D eigenvalue weighted by atomic mass is 10.0. The molecule has 1 atom stereocenters. The third-order valence-corrected chi connectivity index (χ3v) is 3.95. The summed E-state index contributed by atoms with van der Waals surface area (Å²) in [6.07, 6.45) is 1.68. The second kappa shape index (κ2) is 12.6. The number of benzene rings is 2. The maximum atomic E-state index is 8.00. The van der Waals surface area contributed by atoms with Gasteiger partial charge in [-0.15, -0.1) is 0 Å². The van der Waals surface area contributed by atoms with E-state index in [0.717, 1.165) is 11.4 Å². The number of carbonyl (C=O) groups is 1. The van der Waals surface area contributed by atoms with Gasteiger partial charge in [0.15, 0.2) is 0 Å². The average molecular weight is 354 g/mol. The lowest BCUT2D eigenvalue weighted by Gasteiger charge is -2.15. The van der Waals surface area contributed by atoms with Crippen LogP contribution >= 0.6 is 0 Å². The number of hydrogen-bond donors (Lipinski definition) is 2. The third-order valence-electron chi connectivity index (χ3n) is 3.95. The van der Waals surface area contributed by atoms with Crippen LogP contribution in [0.1, 0.15) is 40.8 Å². The Morgan fingerprint density at radius 3 is 2.31 bits per heavy atom. The van der Waals surface area contributed by atoms with E-state index in [4.69, 9.17) is 9.79 Å². The first-order valence-electron chi connectivity index (χ1n) is 8.48. The van der Waals surface area contributed by atoms with Crippen molar-refractivity contribution in [3.8, 4) is 0 Å². The Bertz CT molecular complexity index is 723. The zero-order chi connectivity index (χ0) is 20.1. The van der Waals surface area contributed by atoms with Crippen molar-refractivity contribution in [1.82, 2.24) is 5.32 Å². The summed E-state index contributed by atoms with van der Waals surface area (Å²) in [5, 5.41) is 3.20. The van der Waals surface area contributed by atoms with E-state index in [1.165, 1.54) is 29.3 Å². The van der Waals surface area contributed by atoms with Crippen LogP contribution in [0.2, 0.25) is 0 Å². The number of carbonyl (C=O) groups excluding carboxylic acids is 1. The molecule has 0 radical (unpaired) electrons. The van der Waals surface area contributed by atoms with Gasteiger partial charge in [-0.05, 0) is 57.6 Å². The number of nitrogens with two attached hydrogens (primary N) is 1. The Morgan fingerprint density at radius 1 is 1.12 bits per heavy atom. The van der Waals surface area contributed by atoms with Crippen molar-refractivity contribution in [2.45, 2.75) is 33.7 Å². The number of rotatable bonds is 4. The van der Waals surface area contributed by atoms with Gasteiger partial charge < -0.3 is 15.8 Å². The van der Waals surface area contributed by atoms with Crippen LogP contribution in [0.5, 0.6) is 0 Å². The van der Waals surface area contributed by atoms with E-state index in [1.807, 2.05) is 6.79 Å². The molecule has 0 saturated carbocycles. The fraction of sp³-hybridized carbons (Fsp3) is 0.273. The Hall–Kier alpha value is -2.72. The average Bonchev–Trinajstić information content (AvgIpc) is 2.67. The van der Waals surface area contributed by atoms with Gasteiger partial charge in [0.1, 0.15) is 12.6 Å². The monoisotopic (exact) mass is 353 g/mol.